The summed E-state index contributed by atoms with van der Waals surface area (Å²) in [5.74, 6) is 0. The molecule has 0 saturated carbocycles. The maximum absolute atomic E-state index is 2.56. The highest BCUT2D eigenvalue weighted by Crippen LogP contribution is 2.58. The van der Waals surface area contributed by atoms with Crippen molar-refractivity contribution in [3.05, 3.63) is 168 Å². The number of benzene rings is 8. The average Bonchev–Trinajstić information content (AvgIpc) is 3.48. The van der Waals surface area contributed by atoms with Crippen molar-refractivity contribution < 1.29 is 0 Å². The van der Waals surface area contributed by atoms with Gasteiger partial charge in [-0.05, 0) is 123 Å². The Kier molecular flexibility index (Phi) is 5.50. The number of hydrogen-bond donors (Lipinski definition) is 0. The van der Waals surface area contributed by atoms with Crippen LogP contribution in [0, 0.1) is 0 Å². The van der Waals surface area contributed by atoms with E-state index in [-0.39, 0.29) is 10.8 Å². The Balaban J connectivity index is 1.18. The molecule has 0 atom stereocenters. The fourth-order valence-corrected chi connectivity index (χ4v) is 9.14. The molecule has 0 spiro atoms. The van der Waals surface area contributed by atoms with E-state index in [2.05, 4.69) is 173 Å². The molecule has 0 N–H and O–H groups in total. The predicted molar refractivity (Wildman–Crippen MR) is 205 cm³/mol. The summed E-state index contributed by atoms with van der Waals surface area (Å²) in [4.78, 5) is 0. The topological polar surface area (TPSA) is 0 Å². The first-order valence-corrected chi connectivity index (χ1v) is 17.2. The van der Waals surface area contributed by atoms with Crippen molar-refractivity contribution in [1.29, 1.82) is 0 Å². The van der Waals surface area contributed by atoms with Crippen LogP contribution in [0.3, 0.4) is 0 Å². The van der Waals surface area contributed by atoms with Gasteiger partial charge in [-0.2, -0.15) is 0 Å². The first kappa shape index (κ1) is 27.6. The summed E-state index contributed by atoms with van der Waals surface area (Å²) in [6.45, 7) is 9.69. The second kappa shape index (κ2) is 9.55. The summed E-state index contributed by atoms with van der Waals surface area (Å²) in [6, 6.07) is 54.8. The minimum Gasteiger partial charge on any atom is -0.0616 e. The Labute approximate surface area is 282 Å². The van der Waals surface area contributed by atoms with Crippen LogP contribution in [0.4, 0.5) is 0 Å². The van der Waals surface area contributed by atoms with Crippen molar-refractivity contribution in [3.8, 4) is 44.5 Å². The van der Waals surface area contributed by atoms with E-state index in [1.165, 1.54) is 99.1 Å². The summed E-state index contributed by atoms with van der Waals surface area (Å²) in [7, 11) is 0. The van der Waals surface area contributed by atoms with Gasteiger partial charge in [0.1, 0.15) is 0 Å². The molecule has 0 amide bonds. The largest absolute Gasteiger partial charge is 0.0616 e. The van der Waals surface area contributed by atoms with Gasteiger partial charge in [-0.3, -0.25) is 0 Å². The predicted octanol–water partition coefficient (Wildman–Crippen LogP) is 13.1. The zero-order valence-corrected chi connectivity index (χ0v) is 27.9. The molecule has 0 nitrogen and oxygen atoms in total. The number of hydrogen-bond acceptors (Lipinski definition) is 0. The third kappa shape index (κ3) is 3.61. The Hall–Kier alpha value is -5.46. The molecule has 0 bridgehead atoms. The van der Waals surface area contributed by atoms with Crippen molar-refractivity contribution in [3.63, 3.8) is 0 Å². The van der Waals surface area contributed by atoms with Gasteiger partial charge in [0.05, 0.1) is 0 Å². The van der Waals surface area contributed by atoms with Gasteiger partial charge >= 0.3 is 0 Å². The van der Waals surface area contributed by atoms with Crippen molar-refractivity contribution in [2.75, 3.05) is 0 Å². The molecule has 0 aliphatic heterocycles. The zero-order chi connectivity index (χ0) is 32.4. The Morgan fingerprint density at radius 3 is 1.54 bits per heavy atom. The maximum Gasteiger partial charge on any atom is 0.0159 e. The minimum absolute atomic E-state index is 0.119. The highest BCUT2D eigenvalue weighted by Gasteiger charge is 2.42. The van der Waals surface area contributed by atoms with Crippen LogP contribution in [0.25, 0.3) is 76.8 Å². The second-order valence-electron chi connectivity index (χ2n) is 14.9. The molecule has 8 aromatic rings. The van der Waals surface area contributed by atoms with Gasteiger partial charge in [-0.1, -0.05) is 149 Å². The highest BCUT2D eigenvalue weighted by molar-refractivity contribution is 6.12. The smallest absolute Gasteiger partial charge is 0.0159 e. The average molecular weight is 613 g/mol. The normalized spacial score (nSPS) is 15.0. The van der Waals surface area contributed by atoms with Gasteiger partial charge < -0.3 is 0 Å². The highest BCUT2D eigenvalue weighted by atomic mass is 14.5. The standard InChI is InChI=1S/C48H36/c1-47(2)42-25-31(34-21-11-15-29-13-5-7-17-32(29)34)23-24-37(42)40-27-44-41(28-43(40)47)46-38-20-10-9-19-36(38)39(26-45(46)48(44,3)4)35-22-12-16-30-14-6-8-18-33(30)35/h5-28H,1-4H3. The molecule has 2 aliphatic carbocycles. The van der Waals surface area contributed by atoms with Gasteiger partial charge in [-0.15, -0.1) is 0 Å². The fraction of sp³-hybridized carbons (Fsp3) is 0.125. The van der Waals surface area contributed by atoms with Crippen molar-refractivity contribution >= 4 is 32.3 Å². The zero-order valence-electron chi connectivity index (χ0n) is 27.9. The summed E-state index contributed by atoms with van der Waals surface area (Å²) in [5, 5.41) is 7.84. The number of fused-ring (bicyclic) bond motifs is 10. The van der Waals surface area contributed by atoms with E-state index in [0.29, 0.717) is 0 Å². The lowest BCUT2D eigenvalue weighted by molar-refractivity contribution is 0.652. The Bertz CT molecular complexity index is 2650. The van der Waals surface area contributed by atoms with Crippen molar-refractivity contribution in [2.45, 2.75) is 38.5 Å². The quantitative estimate of drug-likeness (QED) is 0.182. The lowest BCUT2D eigenvalue weighted by Crippen LogP contribution is -2.17. The van der Waals surface area contributed by atoms with Crippen LogP contribution in [-0.4, -0.2) is 0 Å². The van der Waals surface area contributed by atoms with Crippen LogP contribution in [0.2, 0.25) is 0 Å². The number of rotatable bonds is 2. The summed E-state index contributed by atoms with van der Waals surface area (Å²) in [6.07, 6.45) is 0. The van der Waals surface area contributed by atoms with E-state index >= 15 is 0 Å². The summed E-state index contributed by atoms with van der Waals surface area (Å²) < 4.78 is 0. The van der Waals surface area contributed by atoms with Crippen molar-refractivity contribution in [1.82, 2.24) is 0 Å². The first-order valence-electron chi connectivity index (χ1n) is 17.2. The molecular formula is C48H36. The third-order valence-corrected chi connectivity index (χ3v) is 11.7. The molecule has 228 valence electrons. The SMILES string of the molecule is CC1(C)c2cc(-c3cccc4ccccc34)ccc2-c2cc3c(cc21)-c1c(cc(-c2cccc4ccccc24)c2ccccc12)C3(C)C. The Morgan fingerprint density at radius 1 is 0.312 bits per heavy atom. The molecule has 0 fully saturated rings. The monoisotopic (exact) mass is 612 g/mol. The van der Waals surface area contributed by atoms with Gasteiger partial charge in [-0.25, -0.2) is 0 Å². The molecule has 48 heavy (non-hydrogen) atoms. The molecular weight excluding hydrogens is 577 g/mol. The van der Waals surface area contributed by atoms with E-state index in [4.69, 9.17) is 0 Å². The third-order valence-electron chi connectivity index (χ3n) is 11.7. The van der Waals surface area contributed by atoms with Crippen LogP contribution in [-0.2, 0) is 10.8 Å². The van der Waals surface area contributed by atoms with Gasteiger partial charge in [0, 0.05) is 10.8 Å². The van der Waals surface area contributed by atoms with Crippen LogP contribution in [0.15, 0.2) is 146 Å². The molecule has 0 heteroatoms. The molecule has 10 rings (SSSR count). The summed E-state index contributed by atoms with van der Waals surface area (Å²) >= 11 is 0. The van der Waals surface area contributed by atoms with E-state index in [1.54, 1.807) is 0 Å². The molecule has 0 heterocycles. The lowest BCUT2D eigenvalue weighted by Gasteiger charge is -2.24. The van der Waals surface area contributed by atoms with Crippen LogP contribution < -0.4 is 0 Å². The molecule has 0 aromatic heterocycles. The van der Waals surface area contributed by atoms with Crippen LogP contribution in [0.1, 0.15) is 49.9 Å². The van der Waals surface area contributed by atoms with Crippen LogP contribution in [0.5, 0.6) is 0 Å². The molecule has 2 aliphatic rings. The minimum atomic E-state index is -0.140. The van der Waals surface area contributed by atoms with Crippen LogP contribution >= 0.6 is 0 Å². The van der Waals surface area contributed by atoms with Gasteiger partial charge in [0.25, 0.3) is 0 Å². The van der Waals surface area contributed by atoms with Crippen molar-refractivity contribution in [2.24, 2.45) is 0 Å². The molecule has 0 saturated heterocycles. The molecule has 8 aromatic carbocycles. The summed E-state index contributed by atoms with van der Waals surface area (Å²) in [5.41, 5.74) is 16.2. The Morgan fingerprint density at radius 2 is 0.812 bits per heavy atom. The second-order valence-corrected chi connectivity index (χ2v) is 14.9. The maximum atomic E-state index is 2.56. The fourth-order valence-electron chi connectivity index (χ4n) is 9.14. The molecule has 0 unspecified atom stereocenters. The van der Waals surface area contributed by atoms with E-state index in [1.807, 2.05) is 0 Å². The van der Waals surface area contributed by atoms with E-state index < -0.39 is 0 Å². The molecule has 0 radical (unpaired) electrons. The van der Waals surface area contributed by atoms with Gasteiger partial charge in [0.2, 0.25) is 0 Å². The lowest BCUT2D eigenvalue weighted by atomic mass is 9.78. The van der Waals surface area contributed by atoms with E-state index in [0.717, 1.165) is 0 Å². The first-order chi connectivity index (χ1) is 23.3. The van der Waals surface area contributed by atoms with E-state index in [9.17, 15) is 0 Å². The van der Waals surface area contributed by atoms with Gasteiger partial charge in [0.15, 0.2) is 0 Å².